The first kappa shape index (κ1) is 28.0. The van der Waals surface area contributed by atoms with E-state index in [1.54, 1.807) is 0 Å². The van der Waals surface area contributed by atoms with E-state index in [9.17, 15) is 9.50 Å². The summed E-state index contributed by atoms with van der Waals surface area (Å²) in [5.41, 5.74) is 9.22. The Bertz CT molecular complexity index is 1360. The van der Waals surface area contributed by atoms with E-state index in [4.69, 9.17) is 17.3 Å². The normalized spacial score (nSPS) is 23.1. The van der Waals surface area contributed by atoms with Gasteiger partial charge in [0.25, 0.3) is 0 Å². The summed E-state index contributed by atoms with van der Waals surface area (Å²) in [5, 5.41) is 16.5. The fourth-order valence-corrected chi connectivity index (χ4v) is 6.08. The lowest BCUT2D eigenvalue weighted by molar-refractivity contribution is 0.169. The minimum atomic E-state index is -0.337. The van der Waals surface area contributed by atoms with Crippen LogP contribution in [-0.4, -0.2) is 44.8 Å². The molecule has 1 saturated carbocycles. The molecule has 2 aromatic carbocycles. The van der Waals surface area contributed by atoms with Gasteiger partial charge in [-0.15, -0.1) is 0 Å². The van der Waals surface area contributed by atoms with Gasteiger partial charge in [-0.1, -0.05) is 41.9 Å². The molecule has 4 unspecified atom stereocenters. The zero-order valence-corrected chi connectivity index (χ0v) is 23.8. The van der Waals surface area contributed by atoms with Crippen LogP contribution in [0.5, 0.6) is 0 Å². The van der Waals surface area contributed by atoms with Gasteiger partial charge < -0.3 is 31.3 Å². The van der Waals surface area contributed by atoms with E-state index in [0.717, 1.165) is 31.5 Å². The Morgan fingerprint density at radius 1 is 1.20 bits per heavy atom. The number of hydrogen-bond donors (Lipinski definition) is 4. The molecule has 5 N–H and O–H groups in total. The van der Waals surface area contributed by atoms with E-state index >= 15 is 0 Å². The van der Waals surface area contributed by atoms with Crippen molar-refractivity contribution < 1.29 is 9.50 Å². The van der Waals surface area contributed by atoms with Crippen LogP contribution in [0.25, 0.3) is 11.3 Å². The SMILES string of the molecule is CC(C)N1c2cc(-c3nc(N)ncc3Cl)cc(F)c2NC1C.OC1CCC(CN2C=CNC2c2ccccc2)C1. The van der Waals surface area contributed by atoms with E-state index in [1.165, 1.54) is 17.8 Å². The Morgan fingerprint density at radius 2 is 1.98 bits per heavy atom. The number of benzene rings is 2. The first-order valence-corrected chi connectivity index (χ1v) is 14.2. The number of anilines is 3. The minimum Gasteiger partial charge on any atom is -0.393 e. The van der Waals surface area contributed by atoms with Crippen LogP contribution in [0.15, 0.2) is 61.1 Å². The molecule has 1 fully saturated rings. The molecule has 4 atom stereocenters. The average molecular weight is 566 g/mol. The lowest BCUT2D eigenvalue weighted by atomic mass is 10.1. The van der Waals surface area contributed by atoms with E-state index in [0.29, 0.717) is 27.9 Å². The molecule has 0 spiro atoms. The van der Waals surface area contributed by atoms with E-state index in [2.05, 4.69) is 74.7 Å². The van der Waals surface area contributed by atoms with Crippen molar-refractivity contribution in [2.45, 2.75) is 64.5 Å². The molecule has 3 aliphatic rings. The van der Waals surface area contributed by atoms with Gasteiger partial charge in [0.2, 0.25) is 5.95 Å². The Balaban J connectivity index is 0.000000164. The molecule has 0 amide bonds. The second kappa shape index (κ2) is 11.9. The molecule has 40 heavy (non-hydrogen) atoms. The highest BCUT2D eigenvalue weighted by Gasteiger charge is 2.31. The summed E-state index contributed by atoms with van der Waals surface area (Å²) >= 11 is 6.13. The Hall–Kier alpha value is -3.56. The maximum Gasteiger partial charge on any atom is 0.220 e. The number of halogens is 2. The number of aliphatic hydroxyl groups is 1. The zero-order chi connectivity index (χ0) is 28.4. The van der Waals surface area contributed by atoms with Crippen molar-refractivity contribution in [2.24, 2.45) is 5.92 Å². The molecule has 1 aromatic heterocycles. The summed E-state index contributed by atoms with van der Waals surface area (Å²) in [7, 11) is 0. The largest absolute Gasteiger partial charge is 0.393 e. The van der Waals surface area contributed by atoms with Crippen LogP contribution in [0.4, 0.5) is 21.7 Å². The average Bonchev–Trinajstić information content (AvgIpc) is 3.65. The topological polar surface area (TPSA) is 103 Å². The van der Waals surface area contributed by atoms with Crippen LogP contribution in [-0.2, 0) is 0 Å². The van der Waals surface area contributed by atoms with Crippen LogP contribution >= 0.6 is 11.6 Å². The monoisotopic (exact) mass is 565 g/mol. The molecule has 3 aromatic rings. The van der Waals surface area contributed by atoms with Crippen molar-refractivity contribution in [3.63, 3.8) is 0 Å². The van der Waals surface area contributed by atoms with Gasteiger partial charge in [-0.05, 0) is 63.6 Å². The van der Waals surface area contributed by atoms with Crippen LogP contribution in [0.2, 0.25) is 5.02 Å². The van der Waals surface area contributed by atoms with Crippen LogP contribution < -0.4 is 21.3 Å². The van der Waals surface area contributed by atoms with Crippen LogP contribution in [0.3, 0.4) is 0 Å². The summed E-state index contributed by atoms with van der Waals surface area (Å²) in [6.07, 6.45) is 8.82. The van der Waals surface area contributed by atoms with Crippen molar-refractivity contribution in [2.75, 3.05) is 22.5 Å². The second-order valence-corrected chi connectivity index (χ2v) is 11.3. The molecule has 10 heteroatoms. The van der Waals surface area contributed by atoms with Gasteiger partial charge in [0.1, 0.15) is 12.0 Å². The molecule has 212 valence electrons. The number of fused-ring (bicyclic) bond motifs is 1. The highest BCUT2D eigenvalue weighted by molar-refractivity contribution is 6.33. The predicted octanol–water partition coefficient (Wildman–Crippen LogP) is 5.73. The molecular weight excluding hydrogens is 529 g/mol. The summed E-state index contributed by atoms with van der Waals surface area (Å²) in [4.78, 5) is 12.4. The van der Waals surface area contributed by atoms with Gasteiger partial charge in [0.15, 0.2) is 0 Å². The van der Waals surface area contributed by atoms with Gasteiger partial charge in [0.05, 0.1) is 40.6 Å². The summed E-state index contributed by atoms with van der Waals surface area (Å²) in [6, 6.07) is 14.0. The predicted molar refractivity (Wildman–Crippen MR) is 159 cm³/mol. The second-order valence-electron chi connectivity index (χ2n) is 10.9. The van der Waals surface area contributed by atoms with Gasteiger partial charge in [-0.25, -0.2) is 14.4 Å². The van der Waals surface area contributed by atoms with Crippen molar-refractivity contribution >= 4 is 28.9 Å². The summed E-state index contributed by atoms with van der Waals surface area (Å²) in [5.74, 6) is 0.388. The summed E-state index contributed by atoms with van der Waals surface area (Å²) in [6.45, 7) is 7.15. The van der Waals surface area contributed by atoms with Gasteiger partial charge in [-0.3, -0.25) is 0 Å². The highest BCUT2D eigenvalue weighted by atomic mass is 35.5. The summed E-state index contributed by atoms with van der Waals surface area (Å²) < 4.78 is 14.5. The van der Waals surface area contributed by atoms with E-state index in [-0.39, 0.29) is 36.2 Å². The molecule has 8 nitrogen and oxygen atoms in total. The first-order valence-electron chi connectivity index (χ1n) is 13.8. The third-order valence-electron chi connectivity index (χ3n) is 7.66. The molecule has 3 heterocycles. The number of rotatable bonds is 5. The quantitative estimate of drug-likeness (QED) is 0.311. The maximum absolute atomic E-state index is 14.5. The van der Waals surface area contributed by atoms with Crippen LogP contribution in [0.1, 0.15) is 51.8 Å². The van der Waals surface area contributed by atoms with Crippen molar-refractivity contribution in [3.05, 3.63) is 77.5 Å². The fraction of sp³-hybridized carbons (Fsp3) is 0.400. The minimum absolute atomic E-state index is 0.0192. The number of nitrogen functional groups attached to an aromatic ring is 1. The van der Waals surface area contributed by atoms with E-state index < -0.39 is 0 Å². The van der Waals surface area contributed by atoms with Crippen molar-refractivity contribution in [1.82, 2.24) is 20.2 Å². The molecule has 0 bridgehead atoms. The first-order chi connectivity index (χ1) is 19.2. The maximum atomic E-state index is 14.5. The fourth-order valence-electron chi connectivity index (χ4n) is 5.88. The number of nitrogens with zero attached hydrogens (tertiary/aromatic N) is 4. The molecule has 1 aliphatic carbocycles. The standard InChI is InChI=1S/C15H17ClFN5.C15H20N2O/c1-7(2)22-8(3)20-14-11(17)4-9(5-12(14)22)13-10(16)6-19-15(18)21-13;18-14-7-6-12(10-14)11-17-9-8-16-15(17)13-4-2-1-3-5-13/h4-8,20H,1-3H3,(H2,18,19,21);1-5,8-9,12,14-16,18H,6-7,10-11H2. The third-order valence-corrected chi connectivity index (χ3v) is 7.94. The van der Waals surface area contributed by atoms with Gasteiger partial charge in [-0.2, -0.15) is 0 Å². The van der Waals surface area contributed by atoms with Crippen molar-refractivity contribution in [3.8, 4) is 11.3 Å². The lowest BCUT2D eigenvalue weighted by Gasteiger charge is -2.28. The Morgan fingerprint density at radius 3 is 2.67 bits per heavy atom. The molecule has 2 aliphatic heterocycles. The number of nitrogens with one attached hydrogen (secondary N) is 2. The zero-order valence-electron chi connectivity index (χ0n) is 23.1. The lowest BCUT2D eigenvalue weighted by Crippen LogP contribution is -2.38. The highest BCUT2D eigenvalue weighted by Crippen LogP contribution is 2.41. The molecule has 0 radical (unpaired) electrons. The van der Waals surface area contributed by atoms with Gasteiger partial charge in [0, 0.05) is 30.5 Å². The number of aliphatic hydroxyl groups excluding tert-OH is 1. The number of hydrogen-bond acceptors (Lipinski definition) is 8. The number of aromatic nitrogens is 2. The van der Waals surface area contributed by atoms with Gasteiger partial charge >= 0.3 is 0 Å². The third kappa shape index (κ3) is 5.95. The number of nitrogens with two attached hydrogens (primary N) is 1. The molecular formula is C30H37ClFN7O. The Kier molecular flexibility index (Phi) is 8.32. The Labute approximate surface area is 240 Å². The molecule has 0 saturated heterocycles. The smallest absolute Gasteiger partial charge is 0.220 e. The van der Waals surface area contributed by atoms with Crippen LogP contribution in [0, 0.1) is 11.7 Å². The van der Waals surface area contributed by atoms with Crippen molar-refractivity contribution in [1.29, 1.82) is 0 Å². The molecule has 6 rings (SSSR count). The van der Waals surface area contributed by atoms with E-state index in [1.807, 2.05) is 25.3 Å².